The van der Waals surface area contributed by atoms with Crippen molar-refractivity contribution in [2.45, 2.75) is 25.1 Å². The first-order chi connectivity index (χ1) is 11.4. The van der Waals surface area contributed by atoms with Gasteiger partial charge in [0.2, 0.25) is 0 Å². The van der Waals surface area contributed by atoms with E-state index in [9.17, 15) is 0 Å². The van der Waals surface area contributed by atoms with E-state index in [4.69, 9.17) is 4.74 Å². The molecular formula is C17H19N5O. The largest absolute Gasteiger partial charge is 0.369 e. The van der Waals surface area contributed by atoms with Gasteiger partial charge in [0.05, 0.1) is 6.54 Å². The van der Waals surface area contributed by atoms with Crippen LogP contribution in [0.25, 0.3) is 5.69 Å². The Bertz CT molecular complexity index is 737. The summed E-state index contributed by atoms with van der Waals surface area (Å²) in [4.78, 5) is 11.9. The van der Waals surface area contributed by atoms with Gasteiger partial charge in [-0.3, -0.25) is 0 Å². The van der Waals surface area contributed by atoms with Gasteiger partial charge in [0, 0.05) is 43.1 Å². The second-order valence-corrected chi connectivity index (χ2v) is 5.59. The molecule has 6 nitrogen and oxygen atoms in total. The zero-order valence-corrected chi connectivity index (χ0v) is 12.7. The molecule has 3 aromatic rings. The number of nitrogens with one attached hydrogen (secondary N) is 2. The zero-order chi connectivity index (χ0) is 15.5. The highest BCUT2D eigenvalue weighted by atomic mass is 16.5. The molecule has 118 valence electrons. The first-order valence-corrected chi connectivity index (χ1v) is 7.84. The smallest absolute Gasteiger partial charge is 0.144 e. The number of hydrogen-bond donors (Lipinski definition) is 2. The number of aromatic nitrogens is 4. The predicted molar refractivity (Wildman–Crippen MR) is 86.1 cm³/mol. The van der Waals surface area contributed by atoms with Crippen molar-refractivity contribution in [3.8, 4) is 5.69 Å². The maximum absolute atomic E-state index is 5.97. The number of H-pyrrole nitrogens is 1. The predicted octanol–water partition coefficient (Wildman–Crippen LogP) is 2.22. The van der Waals surface area contributed by atoms with Crippen molar-refractivity contribution >= 4 is 0 Å². The van der Waals surface area contributed by atoms with E-state index in [1.807, 2.05) is 36.8 Å². The maximum Gasteiger partial charge on any atom is 0.144 e. The van der Waals surface area contributed by atoms with Crippen molar-refractivity contribution < 1.29 is 4.74 Å². The van der Waals surface area contributed by atoms with Crippen LogP contribution in [0, 0.1) is 0 Å². The van der Waals surface area contributed by atoms with Crippen LogP contribution in [-0.4, -0.2) is 32.2 Å². The number of benzene rings is 1. The van der Waals surface area contributed by atoms with Crippen LogP contribution in [0.5, 0.6) is 0 Å². The number of hydrogen-bond acceptors (Lipinski definition) is 4. The fraction of sp³-hybridized carbons (Fsp3) is 0.294. The lowest BCUT2D eigenvalue weighted by Crippen LogP contribution is -2.32. The number of para-hydroxylation sites is 1. The van der Waals surface area contributed by atoms with E-state index < -0.39 is 0 Å². The molecule has 3 heterocycles. The van der Waals surface area contributed by atoms with Gasteiger partial charge in [0.1, 0.15) is 17.8 Å². The van der Waals surface area contributed by atoms with Crippen molar-refractivity contribution in [2.24, 2.45) is 0 Å². The molecule has 0 saturated carbocycles. The Labute approximate surface area is 134 Å². The quantitative estimate of drug-likeness (QED) is 0.758. The summed E-state index contributed by atoms with van der Waals surface area (Å²) >= 11 is 0. The van der Waals surface area contributed by atoms with Crippen molar-refractivity contribution in [3.63, 3.8) is 0 Å². The third kappa shape index (κ3) is 2.91. The van der Waals surface area contributed by atoms with Crippen molar-refractivity contribution in [3.05, 3.63) is 66.8 Å². The van der Waals surface area contributed by atoms with Crippen LogP contribution in [0.15, 0.2) is 55.1 Å². The topological polar surface area (TPSA) is 67.8 Å². The second kappa shape index (κ2) is 6.36. The Hall–Kier alpha value is -2.44. The number of aromatic amines is 1. The lowest BCUT2D eigenvalue weighted by Gasteiger charge is -2.20. The summed E-state index contributed by atoms with van der Waals surface area (Å²) in [7, 11) is 0. The molecule has 1 saturated heterocycles. The molecule has 0 radical (unpaired) electrons. The molecule has 2 atom stereocenters. The molecule has 1 fully saturated rings. The van der Waals surface area contributed by atoms with Crippen molar-refractivity contribution in [2.75, 3.05) is 6.61 Å². The van der Waals surface area contributed by atoms with Gasteiger partial charge in [-0.1, -0.05) is 18.2 Å². The van der Waals surface area contributed by atoms with Gasteiger partial charge in [-0.15, -0.1) is 0 Å². The van der Waals surface area contributed by atoms with E-state index in [2.05, 4.69) is 37.0 Å². The summed E-state index contributed by atoms with van der Waals surface area (Å²) in [6, 6.07) is 10.4. The minimum absolute atomic E-state index is 0.0554. The Morgan fingerprint density at radius 1 is 1.22 bits per heavy atom. The second-order valence-electron chi connectivity index (χ2n) is 5.59. The highest BCUT2D eigenvalue weighted by Gasteiger charge is 2.32. The van der Waals surface area contributed by atoms with Gasteiger partial charge in [-0.05, 0) is 18.6 Å². The van der Waals surface area contributed by atoms with E-state index in [-0.39, 0.29) is 12.1 Å². The van der Waals surface area contributed by atoms with Crippen molar-refractivity contribution in [1.29, 1.82) is 0 Å². The van der Waals surface area contributed by atoms with Crippen LogP contribution in [0.4, 0.5) is 0 Å². The third-order valence-electron chi connectivity index (χ3n) is 4.14. The molecule has 2 aromatic heterocycles. The summed E-state index contributed by atoms with van der Waals surface area (Å²) < 4.78 is 8.06. The molecule has 23 heavy (non-hydrogen) atoms. The van der Waals surface area contributed by atoms with E-state index in [0.29, 0.717) is 6.54 Å². The van der Waals surface area contributed by atoms with Gasteiger partial charge in [-0.25, -0.2) is 9.97 Å². The van der Waals surface area contributed by atoms with Gasteiger partial charge in [0.25, 0.3) is 0 Å². The van der Waals surface area contributed by atoms with Gasteiger partial charge in [-0.2, -0.15) is 0 Å². The summed E-state index contributed by atoms with van der Waals surface area (Å²) in [6.45, 7) is 1.44. The first-order valence-electron chi connectivity index (χ1n) is 7.84. The summed E-state index contributed by atoms with van der Waals surface area (Å²) in [5.74, 6) is 1.87. The lowest BCUT2D eigenvalue weighted by molar-refractivity contribution is 0.0902. The molecule has 0 aliphatic carbocycles. The molecule has 0 amide bonds. The van der Waals surface area contributed by atoms with E-state index in [0.717, 1.165) is 30.4 Å². The number of imidazole rings is 2. The Morgan fingerprint density at radius 2 is 2.13 bits per heavy atom. The summed E-state index contributed by atoms with van der Waals surface area (Å²) in [6.07, 6.45) is 8.32. The molecule has 6 heteroatoms. The van der Waals surface area contributed by atoms with Gasteiger partial charge < -0.3 is 19.6 Å². The van der Waals surface area contributed by atoms with Crippen LogP contribution in [0.2, 0.25) is 0 Å². The highest BCUT2D eigenvalue weighted by Crippen LogP contribution is 2.29. The minimum Gasteiger partial charge on any atom is -0.369 e. The summed E-state index contributed by atoms with van der Waals surface area (Å²) in [5.41, 5.74) is 1.10. The van der Waals surface area contributed by atoms with Crippen LogP contribution in [-0.2, 0) is 11.3 Å². The molecule has 0 spiro atoms. The molecule has 1 aliphatic rings. The number of rotatable bonds is 5. The molecule has 0 bridgehead atoms. The van der Waals surface area contributed by atoms with E-state index >= 15 is 0 Å². The first kappa shape index (κ1) is 14.2. The number of nitrogens with zero attached hydrogens (tertiary/aromatic N) is 3. The maximum atomic E-state index is 5.97. The normalized spacial score (nSPS) is 20.9. The van der Waals surface area contributed by atoms with Gasteiger partial charge >= 0.3 is 0 Å². The van der Waals surface area contributed by atoms with E-state index in [1.165, 1.54) is 0 Å². The zero-order valence-electron chi connectivity index (χ0n) is 12.7. The SMILES string of the molecule is c1ccc(-n2ccnc2[C@H]2OCC[C@@H]2NCc2ncc[nH]2)cc1. The Kier molecular flexibility index (Phi) is 3.92. The fourth-order valence-electron chi connectivity index (χ4n) is 3.01. The molecule has 2 N–H and O–H groups in total. The lowest BCUT2D eigenvalue weighted by atomic mass is 10.1. The molecule has 0 unspecified atom stereocenters. The Balaban J connectivity index is 1.54. The van der Waals surface area contributed by atoms with Crippen LogP contribution < -0.4 is 5.32 Å². The minimum atomic E-state index is -0.0554. The average Bonchev–Trinajstić information content (AvgIpc) is 3.33. The third-order valence-corrected chi connectivity index (χ3v) is 4.14. The number of ether oxygens (including phenoxy) is 1. The van der Waals surface area contributed by atoms with Gasteiger partial charge in [0.15, 0.2) is 0 Å². The highest BCUT2D eigenvalue weighted by molar-refractivity contribution is 5.33. The molecular weight excluding hydrogens is 290 g/mol. The standard InChI is InChI=1S/C17H19N5O/c1-2-4-13(5-3-1)22-10-9-20-17(22)16-14(6-11-23-16)21-12-15-18-7-8-19-15/h1-5,7-10,14,16,21H,6,11-12H2,(H,18,19)/t14-,16-/m0/s1. The molecule has 1 aromatic carbocycles. The van der Waals surface area contributed by atoms with E-state index in [1.54, 1.807) is 6.20 Å². The Morgan fingerprint density at radius 3 is 2.96 bits per heavy atom. The van der Waals surface area contributed by atoms with Crippen LogP contribution in [0.1, 0.15) is 24.2 Å². The molecule has 1 aliphatic heterocycles. The summed E-state index contributed by atoms with van der Waals surface area (Å²) in [5, 5.41) is 3.53. The van der Waals surface area contributed by atoms with Crippen LogP contribution in [0.3, 0.4) is 0 Å². The van der Waals surface area contributed by atoms with Crippen molar-refractivity contribution in [1.82, 2.24) is 24.8 Å². The molecule has 4 rings (SSSR count). The monoisotopic (exact) mass is 309 g/mol. The fourth-order valence-corrected chi connectivity index (χ4v) is 3.01. The average molecular weight is 309 g/mol. The van der Waals surface area contributed by atoms with Crippen LogP contribution >= 0.6 is 0 Å².